The lowest BCUT2D eigenvalue weighted by atomic mass is 9.58. The summed E-state index contributed by atoms with van der Waals surface area (Å²) in [6.45, 7) is 6.99. The van der Waals surface area contributed by atoms with Gasteiger partial charge in [0.15, 0.2) is 0 Å². The lowest BCUT2D eigenvalue weighted by Crippen LogP contribution is -2.60. The third kappa shape index (κ3) is 1.76. The standard InChI is InChI=1S/C11H20N2O2/c1-11(2)8(7-9(11)12)10(14)13-3-5-15-6-4-13/h8-9H,3-7,12H2,1-2H3. The van der Waals surface area contributed by atoms with Crippen molar-refractivity contribution in [1.29, 1.82) is 0 Å². The summed E-state index contributed by atoms with van der Waals surface area (Å²) in [5.74, 6) is 0.385. The van der Waals surface area contributed by atoms with E-state index in [1.807, 2.05) is 4.90 Å². The van der Waals surface area contributed by atoms with E-state index in [1.54, 1.807) is 0 Å². The van der Waals surface area contributed by atoms with Crippen molar-refractivity contribution in [3.8, 4) is 0 Å². The van der Waals surface area contributed by atoms with E-state index in [0.29, 0.717) is 13.2 Å². The molecule has 2 N–H and O–H groups in total. The van der Waals surface area contributed by atoms with Gasteiger partial charge in [-0.3, -0.25) is 4.79 Å². The molecule has 2 rings (SSSR count). The van der Waals surface area contributed by atoms with Crippen LogP contribution in [0.5, 0.6) is 0 Å². The minimum Gasteiger partial charge on any atom is -0.378 e. The molecule has 4 heteroatoms. The van der Waals surface area contributed by atoms with Crippen molar-refractivity contribution in [3.05, 3.63) is 0 Å². The van der Waals surface area contributed by atoms with Crippen LogP contribution in [0.2, 0.25) is 0 Å². The summed E-state index contributed by atoms with van der Waals surface area (Å²) in [6, 6.07) is 0.174. The maximum Gasteiger partial charge on any atom is 0.226 e. The predicted molar refractivity (Wildman–Crippen MR) is 57.3 cm³/mol. The first-order chi connectivity index (χ1) is 7.03. The van der Waals surface area contributed by atoms with Gasteiger partial charge in [0.2, 0.25) is 5.91 Å². The Morgan fingerprint density at radius 1 is 1.40 bits per heavy atom. The molecule has 0 spiro atoms. The van der Waals surface area contributed by atoms with Gasteiger partial charge in [-0.15, -0.1) is 0 Å². The molecule has 1 heterocycles. The average molecular weight is 212 g/mol. The second-order valence-corrected chi connectivity index (χ2v) is 5.15. The fraction of sp³-hybridized carbons (Fsp3) is 0.909. The van der Waals surface area contributed by atoms with Crippen molar-refractivity contribution in [1.82, 2.24) is 4.90 Å². The van der Waals surface area contributed by atoms with Gasteiger partial charge in [0, 0.05) is 25.0 Å². The Morgan fingerprint density at radius 3 is 2.47 bits per heavy atom. The van der Waals surface area contributed by atoms with E-state index in [4.69, 9.17) is 10.5 Å². The summed E-state index contributed by atoms with van der Waals surface area (Å²) in [7, 11) is 0. The van der Waals surface area contributed by atoms with Crippen LogP contribution in [0, 0.1) is 11.3 Å². The lowest BCUT2D eigenvalue weighted by Gasteiger charge is -2.50. The van der Waals surface area contributed by atoms with Crippen molar-refractivity contribution in [3.63, 3.8) is 0 Å². The first kappa shape index (κ1) is 10.9. The molecular weight excluding hydrogens is 192 g/mol. The van der Waals surface area contributed by atoms with E-state index in [1.165, 1.54) is 0 Å². The number of hydrogen-bond donors (Lipinski definition) is 1. The molecule has 15 heavy (non-hydrogen) atoms. The molecule has 0 radical (unpaired) electrons. The Kier molecular flexibility index (Phi) is 2.73. The number of hydrogen-bond acceptors (Lipinski definition) is 3. The summed E-state index contributed by atoms with van der Waals surface area (Å²) >= 11 is 0. The highest BCUT2D eigenvalue weighted by Gasteiger charge is 2.51. The van der Waals surface area contributed by atoms with Gasteiger partial charge in [-0.25, -0.2) is 0 Å². The molecule has 1 saturated heterocycles. The van der Waals surface area contributed by atoms with E-state index >= 15 is 0 Å². The molecule has 1 amide bonds. The zero-order valence-electron chi connectivity index (χ0n) is 9.53. The average Bonchev–Trinajstić information content (AvgIpc) is 2.26. The Morgan fingerprint density at radius 2 is 2.00 bits per heavy atom. The molecule has 1 aliphatic heterocycles. The van der Waals surface area contributed by atoms with Crippen LogP contribution in [-0.4, -0.2) is 43.2 Å². The third-order valence-corrected chi connectivity index (χ3v) is 3.96. The van der Waals surface area contributed by atoms with Gasteiger partial charge in [0.1, 0.15) is 0 Å². The summed E-state index contributed by atoms with van der Waals surface area (Å²) in [5.41, 5.74) is 5.89. The van der Waals surface area contributed by atoms with Crippen molar-refractivity contribution in [2.45, 2.75) is 26.3 Å². The predicted octanol–water partition coefficient (Wildman–Crippen LogP) is 0.219. The molecule has 0 bridgehead atoms. The van der Waals surface area contributed by atoms with E-state index in [0.717, 1.165) is 19.5 Å². The van der Waals surface area contributed by atoms with Gasteiger partial charge < -0.3 is 15.4 Å². The van der Waals surface area contributed by atoms with Crippen LogP contribution in [-0.2, 0) is 9.53 Å². The van der Waals surface area contributed by atoms with Crippen LogP contribution in [0.3, 0.4) is 0 Å². The zero-order valence-corrected chi connectivity index (χ0v) is 9.53. The quantitative estimate of drug-likeness (QED) is 0.676. The minimum absolute atomic E-state index is 0.0324. The van der Waals surface area contributed by atoms with Gasteiger partial charge in [0.05, 0.1) is 13.2 Å². The number of carbonyl (C=O) groups is 1. The Bertz CT molecular complexity index is 259. The summed E-state index contributed by atoms with van der Waals surface area (Å²) < 4.78 is 5.24. The highest BCUT2D eigenvalue weighted by molar-refractivity contribution is 5.81. The molecule has 1 aliphatic carbocycles. The third-order valence-electron chi connectivity index (χ3n) is 3.96. The Hall–Kier alpha value is -0.610. The largest absolute Gasteiger partial charge is 0.378 e. The first-order valence-corrected chi connectivity index (χ1v) is 5.65. The van der Waals surface area contributed by atoms with Crippen LogP contribution >= 0.6 is 0 Å². The topological polar surface area (TPSA) is 55.6 Å². The molecule has 0 aromatic carbocycles. The second-order valence-electron chi connectivity index (χ2n) is 5.15. The number of amides is 1. The van der Waals surface area contributed by atoms with Crippen LogP contribution < -0.4 is 5.73 Å². The number of nitrogens with zero attached hydrogens (tertiary/aromatic N) is 1. The molecule has 2 atom stereocenters. The van der Waals surface area contributed by atoms with Crippen molar-refractivity contribution < 1.29 is 9.53 Å². The van der Waals surface area contributed by atoms with Crippen molar-refractivity contribution in [2.24, 2.45) is 17.1 Å². The number of nitrogens with two attached hydrogens (primary N) is 1. The molecule has 1 saturated carbocycles. The maximum absolute atomic E-state index is 12.2. The Labute approximate surface area is 90.8 Å². The smallest absolute Gasteiger partial charge is 0.226 e. The van der Waals surface area contributed by atoms with Crippen LogP contribution in [0.25, 0.3) is 0 Å². The molecule has 0 aromatic heterocycles. The number of ether oxygens (including phenoxy) is 1. The molecule has 2 aliphatic rings. The SMILES string of the molecule is CC1(C)C(N)CC1C(=O)N1CCOCC1. The number of morpholine rings is 1. The van der Waals surface area contributed by atoms with Crippen LogP contribution in [0.15, 0.2) is 0 Å². The van der Waals surface area contributed by atoms with E-state index in [-0.39, 0.29) is 23.3 Å². The molecule has 2 fully saturated rings. The fourth-order valence-corrected chi connectivity index (χ4v) is 2.38. The second kappa shape index (κ2) is 3.76. The van der Waals surface area contributed by atoms with Crippen LogP contribution in [0.1, 0.15) is 20.3 Å². The lowest BCUT2D eigenvalue weighted by molar-refractivity contribution is -0.151. The maximum atomic E-state index is 12.2. The van der Waals surface area contributed by atoms with Crippen molar-refractivity contribution in [2.75, 3.05) is 26.3 Å². The van der Waals surface area contributed by atoms with E-state index < -0.39 is 0 Å². The van der Waals surface area contributed by atoms with Gasteiger partial charge in [-0.1, -0.05) is 13.8 Å². The molecule has 4 nitrogen and oxygen atoms in total. The van der Waals surface area contributed by atoms with Crippen molar-refractivity contribution >= 4 is 5.91 Å². The summed E-state index contributed by atoms with van der Waals surface area (Å²) in [5, 5.41) is 0. The number of rotatable bonds is 1. The molecule has 0 aromatic rings. The van der Waals surface area contributed by atoms with Gasteiger partial charge >= 0.3 is 0 Å². The number of carbonyl (C=O) groups excluding carboxylic acids is 1. The first-order valence-electron chi connectivity index (χ1n) is 5.65. The Balaban J connectivity index is 1.96. The fourth-order valence-electron chi connectivity index (χ4n) is 2.38. The van der Waals surface area contributed by atoms with E-state index in [2.05, 4.69) is 13.8 Å². The van der Waals surface area contributed by atoms with Gasteiger partial charge in [0.25, 0.3) is 0 Å². The highest BCUT2D eigenvalue weighted by atomic mass is 16.5. The monoisotopic (exact) mass is 212 g/mol. The van der Waals surface area contributed by atoms with Gasteiger partial charge in [-0.05, 0) is 11.8 Å². The highest BCUT2D eigenvalue weighted by Crippen LogP contribution is 2.45. The van der Waals surface area contributed by atoms with E-state index in [9.17, 15) is 4.79 Å². The van der Waals surface area contributed by atoms with Crippen LogP contribution in [0.4, 0.5) is 0 Å². The zero-order chi connectivity index (χ0) is 11.1. The molecule has 2 unspecified atom stereocenters. The minimum atomic E-state index is -0.0324. The molecule has 86 valence electrons. The molecular formula is C11H20N2O2. The summed E-state index contributed by atoms with van der Waals surface area (Å²) in [6.07, 6.45) is 0.836. The normalized spacial score (nSPS) is 34.7. The van der Waals surface area contributed by atoms with Gasteiger partial charge in [-0.2, -0.15) is 0 Å². The summed E-state index contributed by atoms with van der Waals surface area (Å²) in [4.78, 5) is 14.1.